The topological polar surface area (TPSA) is 35.6 Å². The largest absolute Gasteiger partial charge is 0.335 e. The van der Waals surface area contributed by atoms with E-state index < -0.39 is 0 Å². The quantitative estimate of drug-likeness (QED) is 0.696. The Morgan fingerprint density at radius 2 is 1.91 bits per heavy atom. The van der Waals surface area contributed by atoms with Crippen LogP contribution in [0.4, 0.5) is 4.79 Å². The Labute approximate surface area is 192 Å². The van der Waals surface area contributed by atoms with E-state index in [0.717, 1.165) is 44.3 Å². The van der Waals surface area contributed by atoms with Gasteiger partial charge in [-0.15, -0.1) is 0 Å². The molecule has 170 valence electrons. The zero-order chi connectivity index (χ0) is 21.7. The van der Waals surface area contributed by atoms with Crippen molar-refractivity contribution in [3.8, 4) is 0 Å². The molecule has 32 heavy (non-hydrogen) atoms. The average Bonchev–Trinajstić information content (AvgIpc) is 3.61. The third-order valence-electron chi connectivity index (χ3n) is 8.71. The zero-order valence-corrected chi connectivity index (χ0v) is 19.4. The lowest BCUT2D eigenvalue weighted by Crippen LogP contribution is -2.58. The van der Waals surface area contributed by atoms with E-state index in [1.807, 2.05) is 0 Å². The molecule has 1 aliphatic heterocycles. The van der Waals surface area contributed by atoms with Gasteiger partial charge < -0.3 is 10.2 Å². The highest BCUT2D eigenvalue weighted by Gasteiger charge is 2.44. The van der Waals surface area contributed by atoms with Gasteiger partial charge in [0.05, 0.1) is 6.04 Å². The molecule has 6 rings (SSSR count). The molecule has 2 saturated carbocycles. The number of amides is 2. The molecule has 0 radical (unpaired) electrons. The van der Waals surface area contributed by atoms with Crippen molar-refractivity contribution >= 4 is 6.03 Å². The molecular weight excluding hydrogens is 394 g/mol. The van der Waals surface area contributed by atoms with Crippen LogP contribution in [0.2, 0.25) is 0 Å². The van der Waals surface area contributed by atoms with Crippen molar-refractivity contribution in [1.82, 2.24) is 15.1 Å². The van der Waals surface area contributed by atoms with Crippen molar-refractivity contribution in [2.45, 2.75) is 76.4 Å². The van der Waals surface area contributed by atoms with E-state index in [2.05, 4.69) is 58.5 Å². The molecule has 0 bridgehead atoms. The number of fused-ring (bicyclic) bond motifs is 3. The minimum atomic E-state index is 0.156. The molecule has 2 amide bonds. The van der Waals surface area contributed by atoms with Crippen molar-refractivity contribution in [1.29, 1.82) is 0 Å². The number of aryl methyl sites for hydroxylation is 1. The van der Waals surface area contributed by atoms with Gasteiger partial charge in [-0.05, 0) is 67.6 Å². The molecule has 4 heteroatoms. The molecule has 1 aromatic rings. The first-order chi connectivity index (χ1) is 15.7. The number of nitrogens with one attached hydrogen (secondary N) is 1. The Morgan fingerprint density at radius 1 is 1.06 bits per heavy atom. The van der Waals surface area contributed by atoms with Crippen LogP contribution in [0, 0.1) is 11.8 Å². The summed E-state index contributed by atoms with van der Waals surface area (Å²) in [5.41, 5.74) is 6.31. The number of benzene rings is 1. The van der Waals surface area contributed by atoms with Crippen molar-refractivity contribution in [2.24, 2.45) is 11.8 Å². The molecule has 1 aromatic carbocycles. The van der Waals surface area contributed by atoms with Crippen LogP contribution >= 0.6 is 0 Å². The molecule has 0 spiro atoms. The average molecular weight is 432 g/mol. The third-order valence-corrected chi connectivity index (χ3v) is 8.71. The van der Waals surface area contributed by atoms with Crippen molar-refractivity contribution in [3.05, 3.63) is 58.7 Å². The first-order valence-corrected chi connectivity index (χ1v) is 13.0. The van der Waals surface area contributed by atoms with E-state index in [4.69, 9.17) is 0 Å². The van der Waals surface area contributed by atoms with Crippen molar-refractivity contribution in [3.63, 3.8) is 0 Å². The van der Waals surface area contributed by atoms with Crippen LogP contribution in [0.15, 0.2) is 47.6 Å². The van der Waals surface area contributed by atoms with Crippen LogP contribution in [0.5, 0.6) is 0 Å². The predicted molar refractivity (Wildman–Crippen MR) is 128 cm³/mol. The summed E-state index contributed by atoms with van der Waals surface area (Å²) in [6.45, 7) is 4.94. The lowest BCUT2D eigenvalue weighted by Gasteiger charge is -2.44. The van der Waals surface area contributed by atoms with E-state index in [-0.39, 0.29) is 12.1 Å². The molecule has 3 unspecified atom stereocenters. The third kappa shape index (κ3) is 3.71. The summed E-state index contributed by atoms with van der Waals surface area (Å²) in [6.07, 6.45) is 14.8. The van der Waals surface area contributed by atoms with E-state index in [9.17, 15) is 4.79 Å². The Morgan fingerprint density at radius 3 is 2.75 bits per heavy atom. The molecule has 3 fully saturated rings. The van der Waals surface area contributed by atoms with Gasteiger partial charge in [0.25, 0.3) is 0 Å². The van der Waals surface area contributed by atoms with Crippen LogP contribution < -0.4 is 5.32 Å². The van der Waals surface area contributed by atoms with Gasteiger partial charge in [0.1, 0.15) is 0 Å². The highest BCUT2D eigenvalue weighted by molar-refractivity contribution is 5.75. The number of carbonyl (C=O) groups excluding carboxylic acids is 1. The van der Waals surface area contributed by atoms with E-state index in [1.165, 1.54) is 49.7 Å². The number of rotatable bonds is 2. The standard InChI is InChI=1S/C28H37N3O/c1-19-18-30(15-16-31(19)28(32)29-22-8-3-2-4-9-22)27-23-10-6-5-7-20(23)11-13-24-25(27)14-12-21-17-26(21)24/h5-7,10,12,14,19,21-22,26-27H,2-4,8-9,11,13,15-18H2,1H3,(H,29,32)/t19-,21?,26?,27?/m0/s1. The first kappa shape index (κ1) is 20.5. The van der Waals surface area contributed by atoms with Gasteiger partial charge in [-0.25, -0.2) is 4.79 Å². The normalized spacial score (nSPS) is 32.6. The van der Waals surface area contributed by atoms with E-state index in [0.29, 0.717) is 12.1 Å². The summed E-state index contributed by atoms with van der Waals surface area (Å²) < 4.78 is 0. The Balaban J connectivity index is 1.23. The number of nitrogens with zero attached hydrogens (tertiary/aromatic N) is 2. The Kier molecular flexibility index (Phi) is 5.37. The lowest BCUT2D eigenvalue weighted by atomic mass is 9.87. The second kappa shape index (κ2) is 8.37. The summed E-state index contributed by atoms with van der Waals surface area (Å²) in [7, 11) is 0. The summed E-state index contributed by atoms with van der Waals surface area (Å²) in [4.78, 5) is 17.8. The summed E-state index contributed by atoms with van der Waals surface area (Å²) in [5, 5.41) is 3.34. The van der Waals surface area contributed by atoms with Gasteiger partial charge in [0, 0.05) is 31.7 Å². The van der Waals surface area contributed by atoms with Crippen LogP contribution in [0.3, 0.4) is 0 Å². The summed E-state index contributed by atoms with van der Waals surface area (Å²) >= 11 is 0. The fourth-order valence-electron chi connectivity index (χ4n) is 6.86. The number of carbonyl (C=O) groups is 1. The van der Waals surface area contributed by atoms with Gasteiger partial charge in [-0.3, -0.25) is 4.90 Å². The molecule has 5 aliphatic rings. The first-order valence-electron chi connectivity index (χ1n) is 13.0. The van der Waals surface area contributed by atoms with Crippen molar-refractivity contribution < 1.29 is 4.79 Å². The van der Waals surface area contributed by atoms with Gasteiger partial charge in [-0.2, -0.15) is 0 Å². The molecular formula is C28H37N3O. The van der Waals surface area contributed by atoms with Gasteiger partial charge in [0.15, 0.2) is 0 Å². The maximum Gasteiger partial charge on any atom is 0.317 e. The molecule has 4 atom stereocenters. The maximum atomic E-state index is 13.1. The number of hydrogen-bond acceptors (Lipinski definition) is 2. The van der Waals surface area contributed by atoms with Crippen LogP contribution in [0.25, 0.3) is 0 Å². The van der Waals surface area contributed by atoms with Crippen LogP contribution in [-0.2, 0) is 6.42 Å². The van der Waals surface area contributed by atoms with Gasteiger partial charge >= 0.3 is 6.03 Å². The molecule has 1 N–H and O–H groups in total. The number of hydrogen-bond donors (Lipinski definition) is 1. The minimum Gasteiger partial charge on any atom is -0.335 e. The van der Waals surface area contributed by atoms with Crippen LogP contribution in [-0.4, -0.2) is 47.5 Å². The van der Waals surface area contributed by atoms with E-state index in [1.54, 1.807) is 11.1 Å². The molecule has 4 aliphatic carbocycles. The number of allylic oxidation sites excluding steroid dienone is 2. The minimum absolute atomic E-state index is 0.156. The second-order valence-corrected chi connectivity index (χ2v) is 10.8. The summed E-state index contributed by atoms with van der Waals surface area (Å²) in [5.74, 6) is 1.60. The van der Waals surface area contributed by atoms with Gasteiger partial charge in [-0.1, -0.05) is 61.3 Å². The fourth-order valence-corrected chi connectivity index (χ4v) is 6.86. The predicted octanol–water partition coefficient (Wildman–Crippen LogP) is 5.22. The molecule has 1 heterocycles. The van der Waals surface area contributed by atoms with Crippen LogP contribution in [0.1, 0.15) is 69.0 Å². The second-order valence-electron chi connectivity index (χ2n) is 10.8. The lowest BCUT2D eigenvalue weighted by molar-refractivity contribution is 0.0815. The highest BCUT2D eigenvalue weighted by Crippen LogP contribution is 2.54. The highest BCUT2D eigenvalue weighted by atomic mass is 16.2. The van der Waals surface area contributed by atoms with Crippen molar-refractivity contribution in [2.75, 3.05) is 19.6 Å². The van der Waals surface area contributed by atoms with Gasteiger partial charge in [0.2, 0.25) is 0 Å². The monoisotopic (exact) mass is 431 g/mol. The Hall–Kier alpha value is -2.07. The maximum absolute atomic E-state index is 13.1. The zero-order valence-electron chi connectivity index (χ0n) is 19.4. The smallest absolute Gasteiger partial charge is 0.317 e. The summed E-state index contributed by atoms with van der Waals surface area (Å²) in [6, 6.07) is 10.2. The van der Waals surface area contributed by atoms with E-state index >= 15 is 0 Å². The number of piperazine rings is 1. The Bertz CT molecular complexity index is 944. The SMILES string of the molecule is C[C@H]1CN(C2C3=C(CCc4ccccc42)C2CC2C=C3)CCN1C(=O)NC1CCCCC1. The molecule has 0 aromatic heterocycles. The number of urea groups is 1. The molecule has 1 saturated heterocycles. The molecule has 4 nitrogen and oxygen atoms in total. The fraction of sp³-hybridized carbons (Fsp3) is 0.607.